The Hall–Kier alpha value is -2.69. The van der Waals surface area contributed by atoms with E-state index in [1.165, 1.54) is 5.56 Å². The second-order valence-corrected chi connectivity index (χ2v) is 7.13. The van der Waals surface area contributed by atoms with Gasteiger partial charge in [-0.1, -0.05) is 12.1 Å². The second-order valence-electron chi connectivity index (χ2n) is 7.13. The van der Waals surface area contributed by atoms with E-state index in [4.69, 9.17) is 4.98 Å². The molecule has 0 radical (unpaired) electrons. The molecule has 0 spiro atoms. The fourth-order valence-electron chi connectivity index (χ4n) is 3.77. The summed E-state index contributed by atoms with van der Waals surface area (Å²) < 4.78 is 0. The first-order chi connectivity index (χ1) is 12.7. The summed E-state index contributed by atoms with van der Waals surface area (Å²) in [6, 6.07) is 10.2. The number of benzene rings is 1. The molecule has 0 unspecified atom stereocenters. The SMILES string of the molecule is Cc1cccc2[nH]c([C@H]3CCCN(C(=O)CCc4ccncc4)C3)nc12. The number of para-hydroxylation sites is 1. The summed E-state index contributed by atoms with van der Waals surface area (Å²) in [5.41, 5.74) is 4.48. The third kappa shape index (κ3) is 3.47. The number of carbonyl (C=O) groups is 1. The van der Waals surface area contributed by atoms with Gasteiger partial charge in [-0.15, -0.1) is 0 Å². The number of aromatic nitrogens is 3. The van der Waals surface area contributed by atoms with Crippen molar-refractivity contribution in [2.24, 2.45) is 0 Å². The fraction of sp³-hybridized carbons (Fsp3) is 0.381. The monoisotopic (exact) mass is 348 g/mol. The van der Waals surface area contributed by atoms with Gasteiger partial charge in [0.05, 0.1) is 11.0 Å². The van der Waals surface area contributed by atoms with Gasteiger partial charge in [-0.25, -0.2) is 4.98 Å². The van der Waals surface area contributed by atoms with Crippen molar-refractivity contribution in [1.29, 1.82) is 0 Å². The number of piperidine rings is 1. The van der Waals surface area contributed by atoms with Crippen molar-refractivity contribution in [2.75, 3.05) is 13.1 Å². The lowest BCUT2D eigenvalue weighted by molar-refractivity contribution is -0.132. The van der Waals surface area contributed by atoms with Crippen molar-refractivity contribution in [3.8, 4) is 0 Å². The molecular weight excluding hydrogens is 324 g/mol. The van der Waals surface area contributed by atoms with E-state index < -0.39 is 0 Å². The van der Waals surface area contributed by atoms with E-state index in [9.17, 15) is 4.79 Å². The first-order valence-electron chi connectivity index (χ1n) is 9.32. The quantitative estimate of drug-likeness (QED) is 0.783. The number of nitrogens with zero attached hydrogens (tertiary/aromatic N) is 3. The van der Waals surface area contributed by atoms with Gasteiger partial charge >= 0.3 is 0 Å². The molecule has 3 aromatic rings. The molecule has 5 heteroatoms. The van der Waals surface area contributed by atoms with Gasteiger partial charge in [0.1, 0.15) is 5.82 Å². The van der Waals surface area contributed by atoms with Crippen LogP contribution in [0.3, 0.4) is 0 Å². The Morgan fingerprint density at radius 1 is 1.27 bits per heavy atom. The van der Waals surface area contributed by atoms with Crippen molar-refractivity contribution < 1.29 is 4.79 Å². The van der Waals surface area contributed by atoms with Gasteiger partial charge in [-0.2, -0.15) is 0 Å². The number of carbonyl (C=O) groups excluding carboxylic acids is 1. The predicted molar refractivity (Wildman–Crippen MR) is 102 cm³/mol. The zero-order valence-electron chi connectivity index (χ0n) is 15.1. The van der Waals surface area contributed by atoms with Crippen LogP contribution in [0.25, 0.3) is 11.0 Å². The fourth-order valence-corrected chi connectivity index (χ4v) is 3.77. The van der Waals surface area contributed by atoms with E-state index >= 15 is 0 Å². The average Bonchev–Trinajstić information content (AvgIpc) is 3.13. The molecule has 4 rings (SSSR count). The molecule has 1 amide bonds. The number of nitrogens with one attached hydrogen (secondary N) is 1. The highest BCUT2D eigenvalue weighted by atomic mass is 16.2. The number of hydrogen-bond acceptors (Lipinski definition) is 3. The average molecular weight is 348 g/mol. The van der Waals surface area contributed by atoms with Gasteiger partial charge in [0.25, 0.3) is 0 Å². The Morgan fingerprint density at radius 3 is 2.92 bits per heavy atom. The van der Waals surface area contributed by atoms with Crippen LogP contribution < -0.4 is 0 Å². The molecule has 134 valence electrons. The van der Waals surface area contributed by atoms with E-state index in [1.54, 1.807) is 12.4 Å². The number of likely N-dealkylation sites (tertiary alicyclic amines) is 1. The van der Waals surface area contributed by atoms with E-state index in [0.29, 0.717) is 12.3 Å². The number of rotatable bonds is 4. The molecule has 26 heavy (non-hydrogen) atoms. The van der Waals surface area contributed by atoms with Gasteiger partial charge in [0.15, 0.2) is 0 Å². The van der Waals surface area contributed by atoms with Crippen LogP contribution in [0.2, 0.25) is 0 Å². The smallest absolute Gasteiger partial charge is 0.222 e. The number of H-pyrrole nitrogens is 1. The zero-order chi connectivity index (χ0) is 17.9. The molecule has 1 aliphatic rings. The summed E-state index contributed by atoms with van der Waals surface area (Å²) in [6.45, 7) is 3.70. The molecule has 1 atom stereocenters. The highest BCUT2D eigenvalue weighted by Gasteiger charge is 2.26. The molecule has 0 bridgehead atoms. The zero-order valence-corrected chi connectivity index (χ0v) is 15.1. The van der Waals surface area contributed by atoms with Crippen LogP contribution in [0, 0.1) is 6.92 Å². The number of aromatic amines is 1. The minimum absolute atomic E-state index is 0.235. The largest absolute Gasteiger partial charge is 0.342 e. The standard InChI is InChI=1S/C21H24N4O/c1-15-4-2-6-18-20(15)24-21(23-18)17-5-3-13-25(14-17)19(26)8-7-16-9-11-22-12-10-16/h2,4,6,9-12,17H,3,5,7-8,13-14H2,1H3,(H,23,24)/t17-/m0/s1. The van der Waals surface area contributed by atoms with E-state index in [0.717, 1.165) is 54.8 Å². The van der Waals surface area contributed by atoms with E-state index in [2.05, 4.69) is 35.1 Å². The first-order valence-corrected chi connectivity index (χ1v) is 9.32. The molecule has 5 nitrogen and oxygen atoms in total. The highest BCUT2D eigenvalue weighted by Crippen LogP contribution is 2.28. The second kappa shape index (κ2) is 7.28. The molecule has 0 aliphatic carbocycles. The summed E-state index contributed by atoms with van der Waals surface area (Å²) in [4.78, 5) is 27.0. The Balaban J connectivity index is 1.43. The van der Waals surface area contributed by atoms with Crippen LogP contribution >= 0.6 is 0 Å². The Morgan fingerprint density at radius 2 is 2.12 bits per heavy atom. The molecule has 1 N–H and O–H groups in total. The molecule has 0 saturated carbocycles. The third-order valence-electron chi connectivity index (χ3n) is 5.27. The van der Waals surface area contributed by atoms with E-state index in [1.807, 2.05) is 17.0 Å². The molecule has 1 aliphatic heterocycles. The van der Waals surface area contributed by atoms with E-state index in [-0.39, 0.29) is 5.91 Å². The maximum atomic E-state index is 12.7. The molecule has 3 heterocycles. The van der Waals surface area contributed by atoms with Crippen molar-refractivity contribution in [3.05, 3.63) is 59.7 Å². The Kier molecular flexibility index (Phi) is 4.69. The number of imidazole rings is 1. The van der Waals surface area contributed by atoms with Crippen LogP contribution in [0.5, 0.6) is 0 Å². The van der Waals surface area contributed by atoms with Crippen molar-refractivity contribution in [1.82, 2.24) is 19.9 Å². The summed E-state index contributed by atoms with van der Waals surface area (Å²) in [7, 11) is 0. The van der Waals surface area contributed by atoms with Crippen LogP contribution in [-0.2, 0) is 11.2 Å². The van der Waals surface area contributed by atoms with Crippen LogP contribution in [-0.4, -0.2) is 38.8 Å². The maximum absolute atomic E-state index is 12.7. The molecule has 1 aromatic carbocycles. The third-order valence-corrected chi connectivity index (χ3v) is 5.27. The number of amides is 1. The van der Waals surface area contributed by atoms with Crippen LogP contribution in [0.4, 0.5) is 0 Å². The maximum Gasteiger partial charge on any atom is 0.222 e. The summed E-state index contributed by atoms with van der Waals surface area (Å²) >= 11 is 0. The van der Waals surface area contributed by atoms with Gasteiger partial charge in [-0.3, -0.25) is 9.78 Å². The van der Waals surface area contributed by atoms with Crippen molar-refractivity contribution in [2.45, 2.75) is 38.5 Å². The number of pyridine rings is 1. The van der Waals surface area contributed by atoms with Gasteiger partial charge in [-0.05, 0) is 55.5 Å². The molecule has 2 aromatic heterocycles. The number of aryl methyl sites for hydroxylation is 2. The highest BCUT2D eigenvalue weighted by molar-refractivity contribution is 5.79. The lowest BCUT2D eigenvalue weighted by Gasteiger charge is -2.32. The van der Waals surface area contributed by atoms with Gasteiger partial charge in [0, 0.05) is 37.8 Å². The van der Waals surface area contributed by atoms with Gasteiger partial charge < -0.3 is 9.88 Å². The Bertz CT molecular complexity index is 903. The summed E-state index contributed by atoms with van der Waals surface area (Å²) in [5.74, 6) is 1.54. The lowest BCUT2D eigenvalue weighted by atomic mass is 9.97. The summed E-state index contributed by atoms with van der Waals surface area (Å²) in [5, 5.41) is 0. The van der Waals surface area contributed by atoms with Crippen LogP contribution in [0.1, 0.15) is 42.1 Å². The predicted octanol–water partition coefficient (Wildman–Crippen LogP) is 3.61. The number of fused-ring (bicyclic) bond motifs is 1. The van der Waals surface area contributed by atoms with Crippen LogP contribution in [0.15, 0.2) is 42.7 Å². The molecule has 1 saturated heterocycles. The summed E-state index contributed by atoms with van der Waals surface area (Å²) in [6.07, 6.45) is 6.98. The topological polar surface area (TPSA) is 61.9 Å². The van der Waals surface area contributed by atoms with Crippen molar-refractivity contribution >= 4 is 16.9 Å². The first kappa shape index (κ1) is 16.8. The lowest BCUT2D eigenvalue weighted by Crippen LogP contribution is -2.39. The molecular formula is C21H24N4O. The molecule has 1 fully saturated rings. The number of hydrogen-bond donors (Lipinski definition) is 1. The normalized spacial score (nSPS) is 17.6. The van der Waals surface area contributed by atoms with Crippen molar-refractivity contribution in [3.63, 3.8) is 0 Å². The van der Waals surface area contributed by atoms with Gasteiger partial charge in [0.2, 0.25) is 5.91 Å². The minimum atomic E-state index is 0.235. The minimum Gasteiger partial charge on any atom is -0.342 e. The Labute approximate surface area is 153 Å².